The monoisotopic (exact) mass is 235 g/mol. The molecule has 1 unspecified atom stereocenters. The number of aliphatic carboxylic acids is 1. The highest BCUT2D eigenvalue weighted by atomic mass is 16.4. The summed E-state index contributed by atoms with van der Waals surface area (Å²) >= 11 is 0. The van der Waals surface area contributed by atoms with Gasteiger partial charge in [0.15, 0.2) is 0 Å². The third-order valence-electron chi connectivity index (χ3n) is 2.37. The minimum Gasteiger partial charge on any atom is -0.547 e. The van der Waals surface area contributed by atoms with Gasteiger partial charge in [0.25, 0.3) is 0 Å². The predicted octanol–water partition coefficient (Wildman–Crippen LogP) is 0.684. The smallest absolute Gasteiger partial charge is 0.119 e. The zero-order chi connectivity index (χ0) is 13.0. The molecule has 0 aliphatic rings. The van der Waals surface area contributed by atoms with Gasteiger partial charge in [-0.15, -0.1) is 0 Å². The van der Waals surface area contributed by atoms with Crippen molar-refractivity contribution in [3.05, 3.63) is 41.0 Å². The van der Waals surface area contributed by atoms with Crippen molar-refractivity contribution < 1.29 is 20.1 Å². The molecule has 0 aliphatic carbocycles. The van der Waals surface area contributed by atoms with Crippen molar-refractivity contribution in [1.29, 1.82) is 0 Å². The number of carbonyl (C=O) groups excluding carboxylic acids is 1. The molecular formula is C13H15O4-. The van der Waals surface area contributed by atoms with E-state index in [1.165, 1.54) is 18.2 Å². The molecule has 4 nitrogen and oxygen atoms in total. The summed E-state index contributed by atoms with van der Waals surface area (Å²) in [6.07, 6.45) is 0.729. The first-order valence-corrected chi connectivity index (χ1v) is 5.26. The van der Waals surface area contributed by atoms with Crippen LogP contribution >= 0.6 is 0 Å². The van der Waals surface area contributed by atoms with E-state index in [0.29, 0.717) is 12.0 Å². The summed E-state index contributed by atoms with van der Waals surface area (Å²) in [6.45, 7) is 3.85. The van der Waals surface area contributed by atoms with Gasteiger partial charge in [0.2, 0.25) is 0 Å². The normalized spacial score (nSPS) is 11.9. The first-order valence-electron chi connectivity index (χ1n) is 5.26. The fraction of sp³-hybridized carbons (Fsp3) is 0.308. The largest absolute Gasteiger partial charge is 0.547 e. The third kappa shape index (κ3) is 3.60. The molecule has 0 heterocycles. The summed E-state index contributed by atoms with van der Waals surface area (Å²) in [5.74, 6) is -1.47. The second-order valence-electron chi connectivity index (χ2n) is 4.10. The van der Waals surface area contributed by atoms with Gasteiger partial charge in [0.1, 0.15) is 11.9 Å². The Hall–Kier alpha value is -1.81. The molecule has 0 saturated carbocycles. The van der Waals surface area contributed by atoms with E-state index in [1.54, 1.807) is 0 Å². The van der Waals surface area contributed by atoms with Crippen molar-refractivity contribution in [1.82, 2.24) is 0 Å². The number of carboxylic acid groups (broad SMARTS) is 1. The number of phenols is 1. The van der Waals surface area contributed by atoms with Crippen molar-refractivity contribution in [2.24, 2.45) is 0 Å². The van der Waals surface area contributed by atoms with Gasteiger partial charge in [-0.25, -0.2) is 0 Å². The Bertz CT molecular complexity index is 445. The summed E-state index contributed by atoms with van der Waals surface area (Å²) in [7, 11) is 0. The number of aliphatic hydroxyl groups is 1. The molecule has 0 saturated heterocycles. The van der Waals surface area contributed by atoms with Crippen molar-refractivity contribution in [3.8, 4) is 5.75 Å². The zero-order valence-corrected chi connectivity index (χ0v) is 9.80. The van der Waals surface area contributed by atoms with E-state index in [0.717, 1.165) is 5.57 Å². The van der Waals surface area contributed by atoms with Gasteiger partial charge in [-0.3, -0.25) is 0 Å². The number of carbonyl (C=O) groups is 1. The highest BCUT2D eigenvalue weighted by Crippen LogP contribution is 2.23. The lowest BCUT2D eigenvalue weighted by Crippen LogP contribution is -2.29. The lowest BCUT2D eigenvalue weighted by Gasteiger charge is -2.13. The number of hydrogen-bond donors (Lipinski definition) is 2. The molecule has 1 rings (SSSR count). The van der Waals surface area contributed by atoms with Crippen LogP contribution in [0.15, 0.2) is 29.8 Å². The molecule has 0 fully saturated rings. The molecule has 4 heteroatoms. The quantitative estimate of drug-likeness (QED) is 0.752. The van der Waals surface area contributed by atoms with Gasteiger partial charge in [0, 0.05) is 0 Å². The number of allylic oxidation sites excluding steroid dienone is 2. The Morgan fingerprint density at radius 1 is 1.47 bits per heavy atom. The molecular weight excluding hydrogens is 220 g/mol. The van der Waals surface area contributed by atoms with Gasteiger partial charge in [-0.1, -0.05) is 17.7 Å². The molecule has 1 atom stereocenters. The molecule has 0 bridgehead atoms. The summed E-state index contributed by atoms with van der Waals surface area (Å²) in [4.78, 5) is 10.5. The zero-order valence-electron chi connectivity index (χ0n) is 9.80. The van der Waals surface area contributed by atoms with E-state index in [4.69, 9.17) is 0 Å². The first-order chi connectivity index (χ1) is 7.91. The van der Waals surface area contributed by atoms with Crippen LogP contribution in [-0.2, 0) is 11.2 Å². The van der Waals surface area contributed by atoms with Crippen LogP contribution in [0, 0.1) is 0 Å². The van der Waals surface area contributed by atoms with Crippen LogP contribution in [0.3, 0.4) is 0 Å². The van der Waals surface area contributed by atoms with Gasteiger partial charge in [-0.2, -0.15) is 0 Å². The lowest BCUT2D eigenvalue weighted by molar-refractivity contribution is -0.315. The Kier molecular flexibility index (Phi) is 4.29. The van der Waals surface area contributed by atoms with Gasteiger partial charge >= 0.3 is 0 Å². The van der Waals surface area contributed by atoms with E-state index in [1.807, 2.05) is 19.9 Å². The Morgan fingerprint density at radius 2 is 2.12 bits per heavy atom. The predicted molar refractivity (Wildman–Crippen MR) is 61.2 cm³/mol. The standard InChI is InChI=1S/C13H16O4/c1-8(2)3-4-9-7-10(5-6-11(9)14)12(15)13(16)17/h3,5-7,12,14-15H,4H2,1-2H3,(H,16,17)/p-1. The average Bonchev–Trinajstić information content (AvgIpc) is 2.26. The molecule has 0 spiro atoms. The maximum atomic E-state index is 10.5. The van der Waals surface area contributed by atoms with Gasteiger partial charge in [-0.05, 0) is 43.5 Å². The minimum atomic E-state index is -1.67. The number of aromatic hydroxyl groups is 1. The topological polar surface area (TPSA) is 80.6 Å². The Balaban J connectivity index is 3.02. The summed E-state index contributed by atoms with van der Waals surface area (Å²) in [5.41, 5.74) is 1.87. The second-order valence-corrected chi connectivity index (χ2v) is 4.10. The highest BCUT2D eigenvalue weighted by Gasteiger charge is 2.10. The van der Waals surface area contributed by atoms with E-state index < -0.39 is 12.1 Å². The molecule has 92 valence electrons. The number of phenolic OH excluding ortho intramolecular Hbond substituents is 1. The maximum absolute atomic E-state index is 10.5. The number of hydrogen-bond acceptors (Lipinski definition) is 4. The summed E-state index contributed by atoms with van der Waals surface area (Å²) in [6, 6.07) is 4.20. The molecule has 1 aromatic rings. The van der Waals surface area contributed by atoms with Crippen molar-refractivity contribution in [2.75, 3.05) is 0 Å². The fourth-order valence-corrected chi connectivity index (χ4v) is 1.39. The van der Waals surface area contributed by atoms with Crippen molar-refractivity contribution in [2.45, 2.75) is 26.4 Å². The number of rotatable bonds is 4. The Labute approximate surface area is 99.8 Å². The highest BCUT2D eigenvalue weighted by molar-refractivity contribution is 5.72. The fourth-order valence-electron chi connectivity index (χ4n) is 1.39. The van der Waals surface area contributed by atoms with E-state index in [2.05, 4.69) is 0 Å². The van der Waals surface area contributed by atoms with Crippen LogP contribution in [0.1, 0.15) is 31.1 Å². The number of benzene rings is 1. The van der Waals surface area contributed by atoms with Crippen LogP contribution in [0.5, 0.6) is 5.75 Å². The van der Waals surface area contributed by atoms with Crippen LogP contribution < -0.4 is 5.11 Å². The molecule has 0 radical (unpaired) electrons. The van der Waals surface area contributed by atoms with Crippen LogP contribution in [0.25, 0.3) is 0 Å². The Morgan fingerprint density at radius 3 is 2.65 bits per heavy atom. The number of carboxylic acids is 1. The number of aliphatic hydroxyl groups excluding tert-OH is 1. The SMILES string of the molecule is CC(C)=CCc1cc(C(O)C(=O)[O-])ccc1O. The van der Waals surface area contributed by atoms with Gasteiger partial charge < -0.3 is 20.1 Å². The summed E-state index contributed by atoms with van der Waals surface area (Å²) < 4.78 is 0. The molecule has 17 heavy (non-hydrogen) atoms. The van der Waals surface area contributed by atoms with E-state index in [9.17, 15) is 20.1 Å². The summed E-state index contributed by atoms with van der Waals surface area (Å²) in [5, 5.41) is 29.5. The maximum Gasteiger partial charge on any atom is 0.119 e. The molecule has 1 aromatic carbocycles. The van der Waals surface area contributed by atoms with Crippen molar-refractivity contribution >= 4 is 5.97 Å². The lowest BCUT2D eigenvalue weighted by atomic mass is 10.0. The molecule has 0 aliphatic heterocycles. The molecule has 0 amide bonds. The minimum absolute atomic E-state index is 0.0804. The van der Waals surface area contributed by atoms with Crippen LogP contribution in [-0.4, -0.2) is 16.2 Å². The van der Waals surface area contributed by atoms with E-state index in [-0.39, 0.29) is 11.3 Å². The third-order valence-corrected chi connectivity index (χ3v) is 2.37. The average molecular weight is 235 g/mol. The van der Waals surface area contributed by atoms with Crippen LogP contribution in [0.4, 0.5) is 0 Å². The van der Waals surface area contributed by atoms with Gasteiger partial charge in [0.05, 0.1) is 5.97 Å². The first kappa shape index (κ1) is 13.3. The van der Waals surface area contributed by atoms with Crippen LogP contribution in [0.2, 0.25) is 0 Å². The van der Waals surface area contributed by atoms with E-state index >= 15 is 0 Å². The van der Waals surface area contributed by atoms with Crippen molar-refractivity contribution in [3.63, 3.8) is 0 Å². The molecule has 2 N–H and O–H groups in total. The molecule has 0 aromatic heterocycles. The second kappa shape index (κ2) is 5.50.